The maximum Gasteiger partial charge on any atom is 0.319 e. The van der Waals surface area contributed by atoms with E-state index in [1.807, 2.05) is 0 Å². The molecular weight excluding hydrogens is 599 g/mol. The second-order valence-corrected chi connectivity index (χ2v) is 14.5. The van der Waals surface area contributed by atoms with Crippen molar-refractivity contribution in [3.8, 4) is 17.1 Å². The average molecular weight is 637 g/mol. The third kappa shape index (κ3) is 4.81. The summed E-state index contributed by atoms with van der Waals surface area (Å²) >= 11 is 0. The highest BCUT2D eigenvalue weighted by Gasteiger charge is 2.49. The number of hydrogen-bond acceptors (Lipinski definition) is 5. The van der Waals surface area contributed by atoms with Crippen LogP contribution in [0.2, 0.25) is 0 Å². The van der Waals surface area contributed by atoms with E-state index < -0.39 is 35.3 Å². The van der Waals surface area contributed by atoms with Crippen LogP contribution in [0.15, 0.2) is 36.4 Å². The number of aromatic nitrogens is 2. The van der Waals surface area contributed by atoms with Gasteiger partial charge >= 0.3 is 6.01 Å². The molecule has 10 heteroatoms. The number of hydrogen-bond donors (Lipinski definition) is 0. The van der Waals surface area contributed by atoms with E-state index in [0.717, 1.165) is 38.6 Å². The van der Waals surface area contributed by atoms with Crippen molar-refractivity contribution in [1.82, 2.24) is 14.9 Å². The Kier molecular flexibility index (Phi) is 6.98. The predicted octanol–water partition coefficient (Wildman–Crippen LogP) is 8.56. The number of anilines is 1. The number of nitrogens with zero attached hydrogens (tertiary/aromatic N) is 4. The molecule has 3 aromatic carbocycles. The molecule has 0 unspecified atom stereocenters. The van der Waals surface area contributed by atoms with Crippen LogP contribution in [0.4, 0.5) is 27.8 Å². The first-order valence-corrected chi connectivity index (χ1v) is 16.3. The Bertz CT molecular complexity index is 1870. The predicted molar refractivity (Wildman–Crippen MR) is 168 cm³/mol. The number of aryl methyl sites for hydroxylation is 1. The molecule has 3 saturated heterocycles. The lowest BCUT2D eigenvalue weighted by Gasteiger charge is -2.39. The van der Waals surface area contributed by atoms with E-state index in [2.05, 4.69) is 21.7 Å². The van der Waals surface area contributed by atoms with E-state index in [-0.39, 0.29) is 45.4 Å². The SMILES string of the molecule is Cc1cc(-c2c(F)cc3c(N4C[C@H]5CC[C@@](C)(C5)C4)nc(OC[C@@]45CCCN4C[C@H](F)C5)nc3c2F)c2c(C(F)F)cccc2c1. The molecule has 1 aromatic heterocycles. The van der Waals surface area contributed by atoms with E-state index in [9.17, 15) is 13.2 Å². The zero-order valence-electron chi connectivity index (χ0n) is 26.1. The summed E-state index contributed by atoms with van der Waals surface area (Å²) in [4.78, 5) is 13.5. The van der Waals surface area contributed by atoms with Crippen molar-refractivity contribution in [1.29, 1.82) is 0 Å². The second kappa shape index (κ2) is 10.8. The zero-order chi connectivity index (χ0) is 32.0. The lowest BCUT2D eigenvalue weighted by molar-refractivity contribution is 0.107. The highest BCUT2D eigenvalue weighted by molar-refractivity contribution is 6.03. The Labute approximate surface area is 264 Å². The smallest absolute Gasteiger partial charge is 0.319 e. The fourth-order valence-corrected chi connectivity index (χ4v) is 9.10. The van der Waals surface area contributed by atoms with Crippen LogP contribution < -0.4 is 9.64 Å². The summed E-state index contributed by atoms with van der Waals surface area (Å²) in [5.41, 5.74) is -0.498. The molecule has 0 amide bonds. The molecule has 46 heavy (non-hydrogen) atoms. The van der Waals surface area contributed by atoms with Crippen LogP contribution in [0.3, 0.4) is 0 Å². The lowest BCUT2D eigenvalue weighted by atomic mass is 9.84. The van der Waals surface area contributed by atoms with E-state index in [4.69, 9.17) is 9.72 Å². The monoisotopic (exact) mass is 636 g/mol. The summed E-state index contributed by atoms with van der Waals surface area (Å²) < 4.78 is 82.4. The molecule has 1 saturated carbocycles. The molecule has 4 aliphatic rings. The first-order chi connectivity index (χ1) is 22.0. The minimum absolute atomic E-state index is 0.0482. The highest BCUT2D eigenvalue weighted by Crippen LogP contribution is 2.49. The van der Waals surface area contributed by atoms with Gasteiger partial charge in [-0.2, -0.15) is 9.97 Å². The number of alkyl halides is 3. The van der Waals surface area contributed by atoms with E-state index in [0.29, 0.717) is 48.7 Å². The van der Waals surface area contributed by atoms with Crippen LogP contribution >= 0.6 is 0 Å². The molecule has 4 aromatic rings. The van der Waals surface area contributed by atoms with Crippen LogP contribution in [0.5, 0.6) is 6.01 Å². The quantitative estimate of drug-likeness (QED) is 0.199. The van der Waals surface area contributed by atoms with Crippen molar-refractivity contribution < 1.29 is 26.7 Å². The topological polar surface area (TPSA) is 41.5 Å². The van der Waals surface area contributed by atoms with Crippen molar-refractivity contribution >= 4 is 27.5 Å². The van der Waals surface area contributed by atoms with Gasteiger partial charge in [0.05, 0.1) is 11.1 Å². The van der Waals surface area contributed by atoms with Crippen molar-refractivity contribution in [2.45, 2.75) is 70.5 Å². The van der Waals surface area contributed by atoms with Crippen molar-refractivity contribution in [3.05, 3.63) is 59.2 Å². The fourth-order valence-electron chi connectivity index (χ4n) is 9.10. The minimum atomic E-state index is -2.84. The lowest BCUT2D eigenvalue weighted by Crippen LogP contribution is -2.44. The summed E-state index contributed by atoms with van der Waals surface area (Å²) in [6.07, 6.45) is 1.56. The Morgan fingerprint density at radius 3 is 2.72 bits per heavy atom. The number of rotatable bonds is 6. The van der Waals surface area contributed by atoms with E-state index >= 15 is 8.78 Å². The van der Waals surface area contributed by atoms with Gasteiger partial charge in [0.2, 0.25) is 0 Å². The molecular formula is C36H37F5N4O. The number of halogens is 5. The zero-order valence-corrected chi connectivity index (χ0v) is 26.1. The van der Waals surface area contributed by atoms with Crippen LogP contribution in [0, 0.1) is 29.9 Å². The molecule has 5 nitrogen and oxygen atoms in total. The molecule has 4 fully saturated rings. The molecule has 1 aliphatic carbocycles. The van der Waals surface area contributed by atoms with Gasteiger partial charge in [-0.15, -0.1) is 0 Å². The summed E-state index contributed by atoms with van der Waals surface area (Å²) in [7, 11) is 0. The normalized spacial score (nSPS) is 27.8. The van der Waals surface area contributed by atoms with Gasteiger partial charge in [-0.05, 0) is 84.9 Å². The first kappa shape index (κ1) is 29.8. The Morgan fingerprint density at radius 2 is 1.91 bits per heavy atom. The highest BCUT2D eigenvalue weighted by atomic mass is 19.3. The fraction of sp³-hybridized carbons (Fsp3) is 0.500. The Balaban J connectivity index is 1.30. The van der Waals surface area contributed by atoms with Gasteiger partial charge in [0.1, 0.15) is 29.9 Å². The van der Waals surface area contributed by atoms with Gasteiger partial charge in [0, 0.05) is 37.0 Å². The molecule has 2 bridgehead atoms. The summed E-state index contributed by atoms with van der Waals surface area (Å²) in [5, 5.41) is 0.792. The van der Waals surface area contributed by atoms with Gasteiger partial charge in [0.25, 0.3) is 6.43 Å². The van der Waals surface area contributed by atoms with Crippen molar-refractivity contribution in [2.24, 2.45) is 11.3 Å². The standard InChI is InChI=1S/C36H37F5N4O/c1-20-11-22-5-3-6-24(32(40)41)28(22)25(12-20)29-27(38)13-26-31(30(29)39)42-34(46-19-36-8-4-10-45(36)17-23(37)15-36)43-33(26)44-16-21-7-9-35(2,14-21)18-44/h3,5-6,11-13,21,23,32H,4,7-10,14-19H2,1-2H3/t21-,23+,35-,36-/m0/s1. The molecule has 4 heterocycles. The van der Waals surface area contributed by atoms with Gasteiger partial charge in [-0.1, -0.05) is 37.3 Å². The summed E-state index contributed by atoms with van der Waals surface area (Å²) in [5.74, 6) is -0.971. The van der Waals surface area contributed by atoms with Gasteiger partial charge in [-0.3, -0.25) is 4.90 Å². The maximum atomic E-state index is 16.9. The van der Waals surface area contributed by atoms with Crippen molar-refractivity contribution in [3.63, 3.8) is 0 Å². The summed E-state index contributed by atoms with van der Waals surface area (Å²) in [6.45, 7) is 6.71. The van der Waals surface area contributed by atoms with Gasteiger partial charge < -0.3 is 9.64 Å². The van der Waals surface area contributed by atoms with Gasteiger partial charge in [-0.25, -0.2) is 22.0 Å². The Morgan fingerprint density at radius 1 is 1.07 bits per heavy atom. The Hall–Kier alpha value is -3.53. The minimum Gasteiger partial charge on any atom is -0.461 e. The molecule has 4 atom stereocenters. The maximum absolute atomic E-state index is 16.9. The summed E-state index contributed by atoms with van der Waals surface area (Å²) in [6, 6.07) is 8.96. The van der Waals surface area contributed by atoms with Crippen LogP contribution in [0.25, 0.3) is 32.8 Å². The number of benzene rings is 3. The third-order valence-corrected chi connectivity index (χ3v) is 11.0. The molecule has 0 N–H and O–H groups in total. The molecule has 8 rings (SSSR count). The first-order valence-electron chi connectivity index (χ1n) is 16.3. The van der Waals surface area contributed by atoms with E-state index in [1.165, 1.54) is 18.2 Å². The number of fused-ring (bicyclic) bond motifs is 5. The molecule has 3 aliphatic heterocycles. The molecule has 0 spiro atoms. The van der Waals surface area contributed by atoms with Crippen molar-refractivity contribution in [2.75, 3.05) is 37.7 Å². The number of piperidine rings is 1. The molecule has 0 radical (unpaired) electrons. The molecule has 242 valence electrons. The third-order valence-electron chi connectivity index (χ3n) is 11.0. The van der Waals surface area contributed by atoms with Crippen LogP contribution in [-0.2, 0) is 0 Å². The van der Waals surface area contributed by atoms with Gasteiger partial charge in [0.15, 0.2) is 5.82 Å². The van der Waals surface area contributed by atoms with Crippen LogP contribution in [-0.4, -0.2) is 59.4 Å². The van der Waals surface area contributed by atoms with Crippen LogP contribution in [0.1, 0.15) is 63.0 Å². The largest absolute Gasteiger partial charge is 0.461 e. The second-order valence-electron chi connectivity index (χ2n) is 14.5. The van der Waals surface area contributed by atoms with E-state index in [1.54, 1.807) is 25.1 Å². The average Bonchev–Trinajstić information content (AvgIpc) is 3.63. The number of ether oxygens (including phenoxy) is 1.